The standard InChI is InChI=1S/C6H8N2OS/c1-4-6(8-5(2)9)10-3-7-4/h3H,1-2H3,(H,8,9). The van der Waals surface area contributed by atoms with Gasteiger partial charge in [-0.05, 0) is 6.92 Å². The molecule has 0 aliphatic heterocycles. The number of nitrogens with one attached hydrogen (secondary N) is 1. The third-order valence-electron chi connectivity index (χ3n) is 1.04. The molecular formula is C6H8N2OS. The highest BCUT2D eigenvalue weighted by Gasteiger charge is 2.00. The lowest BCUT2D eigenvalue weighted by molar-refractivity contribution is -0.114. The van der Waals surface area contributed by atoms with E-state index in [1.165, 1.54) is 18.3 Å². The van der Waals surface area contributed by atoms with Gasteiger partial charge in [0.25, 0.3) is 0 Å². The van der Waals surface area contributed by atoms with E-state index in [1.807, 2.05) is 6.92 Å². The van der Waals surface area contributed by atoms with Crippen molar-refractivity contribution in [3.05, 3.63) is 11.2 Å². The Morgan fingerprint density at radius 1 is 1.80 bits per heavy atom. The molecule has 1 aromatic heterocycles. The molecule has 0 aromatic carbocycles. The van der Waals surface area contributed by atoms with Crippen LogP contribution in [-0.2, 0) is 4.79 Å². The molecule has 1 aromatic rings. The van der Waals surface area contributed by atoms with Gasteiger partial charge >= 0.3 is 0 Å². The zero-order valence-corrected chi connectivity index (χ0v) is 6.66. The lowest BCUT2D eigenvalue weighted by Gasteiger charge is -1.95. The van der Waals surface area contributed by atoms with Crippen LogP contribution in [0, 0.1) is 6.92 Å². The molecule has 4 heteroatoms. The normalized spacial score (nSPS) is 9.40. The quantitative estimate of drug-likeness (QED) is 0.668. The van der Waals surface area contributed by atoms with Gasteiger partial charge < -0.3 is 5.32 Å². The highest BCUT2D eigenvalue weighted by Crippen LogP contribution is 2.17. The zero-order chi connectivity index (χ0) is 7.56. The van der Waals surface area contributed by atoms with Crippen molar-refractivity contribution in [3.63, 3.8) is 0 Å². The number of anilines is 1. The molecule has 1 amide bonds. The van der Waals surface area contributed by atoms with E-state index in [0.717, 1.165) is 10.7 Å². The first-order valence-electron chi connectivity index (χ1n) is 2.88. The minimum Gasteiger partial charge on any atom is -0.316 e. The average Bonchev–Trinajstić information content (AvgIpc) is 2.15. The molecule has 0 atom stereocenters. The van der Waals surface area contributed by atoms with E-state index in [-0.39, 0.29) is 5.91 Å². The molecule has 10 heavy (non-hydrogen) atoms. The van der Waals surface area contributed by atoms with Crippen molar-refractivity contribution in [2.75, 3.05) is 5.32 Å². The van der Waals surface area contributed by atoms with Crippen LogP contribution >= 0.6 is 11.3 Å². The molecule has 0 spiro atoms. The van der Waals surface area contributed by atoms with Gasteiger partial charge in [-0.2, -0.15) is 0 Å². The predicted molar refractivity (Wildman–Crippen MR) is 41.2 cm³/mol. The molecule has 0 saturated carbocycles. The van der Waals surface area contributed by atoms with Crippen LogP contribution in [0.15, 0.2) is 5.51 Å². The molecule has 1 rings (SSSR count). The first-order chi connectivity index (χ1) is 4.70. The van der Waals surface area contributed by atoms with Crippen LogP contribution in [-0.4, -0.2) is 10.9 Å². The molecule has 1 heterocycles. The monoisotopic (exact) mass is 156 g/mol. The van der Waals surface area contributed by atoms with Gasteiger partial charge in [0.05, 0.1) is 11.2 Å². The van der Waals surface area contributed by atoms with Crippen molar-refractivity contribution in [3.8, 4) is 0 Å². The van der Waals surface area contributed by atoms with E-state index in [0.29, 0.717) is 0 Å². The zero-order valence-electron chi connectivity index (χ0n) is 5.84. The lowest BCUT2D eigenvalue weighted by atomic mass is 10.5. The van der Waals surface area contributed by atoms with E-state index in [1.54, 1.807) is 5.51 Å². The molecule has 3 nitrogen and oxygen atoms in total. The SMILES string of the molecule is CC(=O)Nc1scnc1C. The first kappa shape index (κ1) is 7.21. The van der Waals surface area contributed by atoms with E-state index in [4.69, 9.17) is 0 Å². The Balaban J connectivity index is 2.74. The van der Waals surface area contributed by atoms with Crippen LogP contribution < -0.4 is 5.32 Å². The van der Waals surface area contributed by atoms with Crippen LogP contribution in [0.1, 0.15) is 12.6 Å². The topological polar surface area (TPSA) is 42.0 Å². The second-order valence-corrected chi connectivity index (χ2v) is 2.80. The maximum atomic E-state index is 10.5. The summed E-state index contributed by atoms with van der Waals surface area (Å²) in [4.78, 5) is 14.5. The fourth-order valence-corrected chi connectivity index (χ4v) is 1.32. The Morgan fingerprint density at radius 2 is 2.50 bits per heavy atom. The smallest absolute Gasteiger partial charge is 0.221 e. The summed E-state index contributed by atoms with van der Waals surface area (Å²) in [6.45, 7) is 3.35. The lowest BCUT2D eigenvalue weighted by Crippen LogP contribution is -2.04. The number of aryl methyl sites for hydroxylation is 1. The highest BCUT2D eigenvalue weighted by atomic mass is 32.1. The second kappa shape index (κ2) is 2.79. The number of nitrogens with zero attached hydrogens (tertiary/aromatic N) is 1. The highest BCUT2D eigenvalue weighted by molar-refractivity contribution is 7.14. The maximum absolute atomic E-state index is 10.5. The Morgan fingerprint density at radius 3 is 2.90 bits per heavy atom. The van der Waals surface area contributed by atoms with Gasteiger partial charge in [0.1, 0.15) is 5.00 Å². The molecule has 54 valence electrons. The molecule has 0 saturated heterocycles. The molecule has 0 fully saturated rings. The summed E-state index contributed by atoms with van der Waals surface area (Å²) in [7, 11) is 0. The van der Waals surface area contributed by atoms with Crippen LogP contribution in [0.3, 0.4) is 0 Å². The minimum atomic E-state index is -0.0487. The van der Waals surface area contributed by atoms with Gasteiger partial charge in [-0.15, -0.1) is 11.3 Å². The largest absolute Gasteiger partial charge is 0.316 e. The summed E-state index contributed by atoms with van der Waals surface area (Å²) in [6.07, 6.45) is 0. The van der Waals surface area contributed by atoms with Crippen LogP contribution in [0.2, 0.25) is 0 Å². The van der Waals surface area contributed by atoms with Crippen molar-refractivity contribution >= 4 is 22.2 Å². The number of aromatic nitrogens is 1. The third kappa shape index (κ3) is 1.54. The van der Waals surface area contributed by atoms with Crippen molar-refractivity contribution in [2.24, 2.45) is 0 Å². The number of amides is 1. The Hall–Kier alpha value is -0.900. The number of carbonyl (C=O) groups is 1. The number of thiazole rings is 1. The molecular weight excluding hydrogens is 148 g/mol. The van der Waals surface area contributed by atoms with E-state index >= 15 is 0 Å². The molecule has 0 radical (unpaired) electrons. The van der Waals surface area contributed by atoms with Gasteiger partial charge in [0.15, 0.2) is 0 Å². The Kier molecular flexibility index (Phi) is 2.01. The average molecular weight is 156 g/mol. The van der Waals surface area contributed by atoms with Gasteiger partial charge in [0, 0.05) is 6.92 Å². The summed E-state index contributed by atoms with van der Waals surface area (Å²) in [5, 5.41) is 3.51. The van der Waals surface area contributed by atoms with Gasteiger partial charge in [-0.25, -0.2) is 4.98 Å². The molecule has 1 N–H and O–H groups in total. The molecule has 0 bridgehead atoms. The fraction of sp³-hybridized carbons (Fsp3) is 0.333. The van der Waals surface area contributed by atoms with Gasteiger partial charge in [-0.3, -0.25) is 4.79 Å². The molecule has 0 aliphatic rings. The van der Waals surface area contributed by atoms with Crippen LogP contribution in [0.4, 0.5) is 5.00 Å². The number of rotatable bonds is 1. The van der Waals surface area contributed by atoms with Gasteiger partial charge in [0.2, 0.25) is 5.91 Å². The summed E-state index contributed by atoms with van der Waals surface area (Å²) >= 11 is 1.43. The Labute approximate surface area is 63.1 Å². The summed E-state index contributed by atoms with van der Waals surface area (Å²) in [5.41, 5.74) is 2.58. The summed E-state index contributed by atoms with van der Waals surface area (Å²) in [5.74, 6) is -0.0487. The Bertz CT molecular complexity index is 244. The van der Waals surface area contributed by atoms with Crippen LogP contribution in [0.5, 0.6) is 0 Å². The van der Waals surface area contributed by atoms with Crippen molar-refractivity contribution in [1.82, 2.24) is 4.98 Å². The van der Waals surface area contributed by atoms with Crippen molar-refractivity contribution < 1.29 is 4.79 Å². The molecule has 0 unspecified atom stereocenters. The van der Waals surface area contributed by atoms with Crippen molar-refractivity contribution in [1.29, 1.82) is 0 Å². The van der Waals surface area contributed by atoms with E-state index in [9.17, 15) is 4.79 Å². The number of carbonyl (C=O) groups excluding carboxylic acids is 1. The van der Waals surface area contributed by atoms with E-state index in [2.05, 4.69) is 10.3 Å². The third-order valence-corrected chi connectivity index (χ3v) is 1.88. The van der Waals surface area contributed by atoms with Crippen LogP contribution in [0.25, 0.3) is 0 Å². The number of hydrogen-bond acceptors (Lipinski definition) is 3. The first-order valence-corrected chi connectivity index (χ1v) is 3.76. The number of hydrogen-bond donors (Lipinski definition) is 1. The fourth-order valence-electron chi connectivity index (χ4n) is 0.582. The van der Waals surface area contributed by atoms with Crippen molar-refractivity contribution in [2.45, 2.75) is 13.8 Å². The second-order valence-electron chi connectivity index (χ2n) is 1.95. The predicted octanol–water partition coefficient (Wildman–Crippen LogP) is 1.41. The summed E-state index contributed by atoms with van der Waals surface area (Å²) < 4.78 is 0. The molecule has 0 aliphatic carbocycles. The minimum absolute atomic E-state index is 0.0487. The maximum Gasteiger partial charge on any atom is 0.221 e. The summed E-state index contributed by atoms with van der Waals surface area (Å²) in [6, 6.07) is 0. The van der Waals surface area contributed by atoms with E-state index < -0.39 is 0 Å². The van der Waals surface area contributed by atoms with Gasteiger partial charge in [-0.1, -0.05) is 0 Å².